The number of rotatable bonds is 4. The molecule has 0 aliphatic heterocycles. The fourth-order valence-corrected chi connectivity index (χ4v) is 2.92. The number of benzene rings is 2. The van der Waals surface area contributed by atoms with E-state index in [1.165, 1.54) is 65.1 Å². The molecule has 0 aliphatic rings. The van der Waals surface area contributed by atoms with E-state index in [4.69, 9.17) is 0 Å². The van der Waals surface area contributed by atoms with Gasteiger partial charge in [-0.25, -0.2) is 13.8 Å². The lowest BCUT2D eigenvalue weighted by atomic mass is 10.2. The molecule has 0 amide bonds. The van der Waals surface area contributed by atoms with Gasteiger partial charge >= 0.3 is 0 Å². The fraction of sp³-hybridized carbons (Fsp3) is 0.0588. The molecular weight excluding hydrogens is 318 g/mol. The SMILES string of the molecule is O=c1c(SCc2cccc(F)c2)nccn1-c1ccc(F)cc1. The van der Waals surface area contributed by atoms with Crippen molar-refractivity contribution in [2.75, 3.05) is 0 Å². The van der Waals surface area contributed by atoms with Gasteiger partial charge in [-0.05, 0) is 42.0 Å². The molecule has 0 unspecified atom stereocenters. The van der Waals surface area contributed by atoms with Gasteiger partial charge in [-0.1, -0.05) is 23.9 Å². The van der Waals surface area contributed by atoms with Crippen LogP contribution in [0.3, 0.4) is 0 Å². The first-order chi connectivity index (χ1) is 11.1. The van der Waals surface area contributed by atoms with Gasteiger partial charge < -0.3 is 0 Å². The Morgan fingerprint density at radius 2 is 1.83 bits per heavy atom. The van der Waals surface area contributed by atoms with Crippen molar-refractivity contribution in [1.82, 2.24) is 9.55 Å². The number of hydrogen-bond donors (Lipinski definition) is 0. The Kier molecular flexibility index (Phi) is 4.52. The van der Waals surface area contributed by atoms with Crippen molar-refractivity contribution >= 4 is 11.8 Å². The number of thioether (sulfide) groups is 1. The molecule has 116 valence electrons. The van der Waals surface area contributed by atoms with Crippen molar-refractivity contribution < 1.29 is 8.78 Å². The summed E-state index contributed by atoms with van der Waals surface area (Å²) in [7, 11) is 0. The molecule has 3 rings (SSSR count). The number of hydrogen-bond acceptors (Lipinski definition) is 3. The van der Waals surface area contributed by atoms with Crippen LogP contribution < -0.4 is 5.56 Å². The van der Waals surface area contributed by atoms with Crippen molar-refractivity contribution in [2.45, 2.75) is 10.8 Å². The Morgan fingerprint density at radius 3 is 2.57 bits per heavy atom. The van der Waals surface area contributed by atoms with Crippen LogP contribution in [0.4, 0.5) is 8.78 Å². The monoisotopic (exact) mass is 330 g/mol. The third-order valence-corrected chi connectivity index (χ3v) is 4.21. The van der Waals surface area contributed by atoms with Gasteiger partial charge in [-0.2, -0.15) is 0 Å². The maximum Gasteiger partial charge on any atom is 0.287 e. The smallest absolute Gasteiger partial charge is 0.280 e. The van der Waals surface area contributed by atoms with Gasteiger partial charge in [0.25, 0.3) is 5.56 Å². The van der Waals surface area contributed by atoms with Crippen LogP contribution in [0.2, 0.25) is 0 Å². The number of nitrogens with zero attached hydrogens (tertiary/aromatic N) is 2. The molecule has 0 fully saturated rings. The average molecular weight is 330 g/mol. The van der Waals surface area contributed by atoms with Gasteiger partial charge in [0.2, 0.25) is 0 Å². The van der Waals surface area contributed by atoms with E-state index >= 15 is 0 Å². The van der Waals surface area contributed by atoms with Crippen LogP contribution in [0.25, 0.3) is 5.69 Å². The summed E-state index contributed by atoms with van der Waals surface area (Å²) in [6.45, 7) is 0. The summed E-state index contributed by atoms with van der Waals surface area (Å²) in [4.78, 5) is 16.5. The first-order valence-electron chi connectivity index (χ1n) is 6.84. The van der Waals surface area contributed by atoms with E-state index in [0.717, 1.165) is 5.56 Å². The van der Waals surface area contributed by atoms with E-state index < -0.39 is 0 Å². The van der Waals surface area contributed by atoms with Crippen molar-refractivity contribution in [3.05, 3.63) is 88.5 Å². The summed E-state index contributed by atoms with van der Waals surface area (Å²) in [5.41, 5.74) is 1.04. The predicted molar refractivity (Wildman–Crippen MR) is 85.8 cm³/mol. The van der Waals surface area contributed by atoms with Crippen LogP contribution in [0.5, 0.6) is 0 Å². The fourth-order valence-electron chi connectivity index (χ4n) is 2.08. The van der Waals surface area contributed by atoms with Gasteiger partial charge in [-0.15, -0.1) is 0 Å². The molecule has 0 atom stereocenters. The minimum Gasteiger partial charge on any atom is -0.280 e. The van der Waals surface area contributed by atoms with Crippen LogP contribution >= 0.6 is 11.8 Å². The predicted octanol–water partition coefficient (Wildman–Crippen LogP) is 3.80. The summed E-state index contributed by atoms with van der Waals surface area (Å²) < 4.78 is 27.6. The third kappa shape index (κ3) is 3.65. The second kappa shape index (κ2) is 6.75. The Morgan fingerprint density at radius 1 is 1.04 bits per heavy atom. The normalized spacial score (nSPS) is 10.7. The van der Waals surface area contributed by atoms with Crippen LogP contribution in [0.15, 0.2) is 70.7 Å². The molecule has 3 aromatic rings. The van der Waals surface area contributed by atoms with E-state index in [2.05, 4.69) is 4.98 Å². The molecule has 2 aromatic carbocycles. The zero-order valence-electron chi connectivity index (χ0n) is 11.9. The number of aromatic nitrogens is 2. The molecule has 0 bridgehead atoms. The third-order valence-electron chi connectivity index (χ3n) is 3.18. The van der Waals surface area contributed by atoms with E-state index in [-0.39, 0.29) is 17.2 Å². The molecule has 23 heavy (non-hydrogen) atoms. The molecule has 0 radical (unpaired) electrons. The molecule has 0 N–H and O–H groups in total. The Labute approximate surface area is 135 Å². The quantitative estimate of drug-likeness (QED) is 0.683. The van der Waals surface area contributed by atoms with Crippen LogP contribution in [-0.2, 0) is 5.75 Å². The van der Waals surface area contributed by atoms with Crippen molar-refractivity contribution in [3.63, 3.8) is 0 Å². The van der Waals surface area contributed by atoms with Gasteiger partial charge in [0.05, 0.1) is 0 Å². The van der Waals surface area contributed by atoms with E-state index in [1.54, 1.807) is 12.1 Å². The molecule has 1 aromatic heterocycles. The highest BCUT2D eigenvalue weighted by atomic mass is 32.2. The summed E-state index contributed by atoms with van der Waals surface area (Å²) >= 11 is 1.24. The largest absolute Gasteiger partial charge is 0.287 e. The van der Waals surface area contributed by atoms with Crippen LogP contribution in [0.1, 0.15) is 5.56 Å². The molecule has 0 saturated carbocycles. The van der Waals surface area contributed by atoms with E-state index in [9.17, 15) is 13.6 Å². The average Bonchev–Trinajstić information content (AvgIpc) is 2.55. The zero-order chi connectivity index (χ0) is 16.2. The Balaban J connectivity index is 1.85. The lowest BCUT2D eigenvalue weighted by Gasteiger charge is -2.07. The second-order valence-electron chi connectivity index (χ2n) is 4.80. The molecule has 0 aliphatic carbocycles. The highest BCUT2D eigenvalue weighted by Crippen LogP contribution is 2.19. The highest BCUT2D eigenvalue weighted by molar-refractivity contribution is 7.98. The first kappa shape index (κ1) is 15.4. The summed E-state index contributed by atoms with van der Waals surface area (Å²) in [6, 6.07) is 11.8. The van der Waals surface area contributed by atoms with Crippen LogP contribution in [0, 0.1) is 11.6 Å². The van der Waals surface area contributed by atoms with Crippen molar-refractivity contribution in [2.24, 2.45) is 0 Å². The summed E-state index contributed by atoms with van der Waals surface area (Å²) in [5, 5.41) is 0.307. The van der Waals surface area contributed by atoms with Crippen molar-refractivity contribution in [3.8, 4) is 5.69 Å². The summed E-state index contributed by atoms with van der Waals surface area (Å²) in [5.74, 6) is -0.239. The second-order valence-corrected chi connectivity index (χ2v) is 5.77. The molecule has 0 saturated heterocycles. The van der Waals surface area contributed by atoms with Gasteiger partial charge in [0.1, 0.15) is 11.6 Å². The van der Waals surface area contributed by atoms with E-state index in [1.807, 2.05) is 0 Å². The zero-order valence-corrected chi connectivity index (χ0v) is 12.8. The lowest BCUT2D eigenvalue weighted by molar-refractivity contribution is 0.626. The molecule has 1 heterocycles. The minimum absolute atomic E-state index is 0.291. The number of halogens is 2. The molecule has 3 nitrogen and oxygen atoms in total. The topological polar surface area (TPSA) is 34.9 Å². The highest BCUT2D eigenvalue weighted by Gasteiger charge is 2.08. The first-order valence-corrected chi connectivity index (χ1v) is 7.83. The van der Waals surface area contributed by atoms with Gasteiger partial charge in [0, 0.05) is 23.8 Å². The van der Waals surface area contributed by atoms with Gasteiger partial charge in [-0.3, -0.25) is 9.36 Å². The Bertz CT molecular complexity index is 878. The lowest BCUT2D eigenvalue weighted by Crippen LogP contribution is -2.20. The van der Waals surface area contributed by atoms with Crippen LogP contribution in [-0.4, -0.2) is 9.55 Å². The molecule has 0 spiro atoms. The molecule has 6 heteroatoms. The van der Waals surface area contributed by atoms with Crippen molar-refractivity contribution in [1.29, 1.82) is 0 Å². The Hall–Kier alpha value is -2.47. The maximum absolute atomic E-state index is 13.2. The molecular formula is C17H12F2N2OS. The summed E-state index contributed by atoms with van der Waals surface area (Å²) in [6.07, 6.45) is 3.04. The van der Waals surface area contributed by atoms with Gasteiger partial charge in [0.15, 0.2) is 5.03 Å². The van der Waals surface area contributed by atoms with E-state index in [0.29, 0.717) is 16.5 Å². The maximum atomic E-state index is 13.2. The minimum atomic E-state index is -0.364. The standard InChI is InChI=1S/C17H12F2N2OS/c18-13-4-6-15(7-5-13)21-9-8-20-16(17(21)22)23-11-12-2-1-3-14(19)10-12/h1-10H,11H2.